The van der Waals surface area contributed by atoms with Gasteiger partial charge >= 0.3 is 0 Å². The highest BCUT2D eigenvalue weighted by molar-refractivity contribution is 4.95. The van der Waals surface area contributed by atoms with Crippen LogP contribution in [0.15, 0.2) is 4.52 Å². The van der Waals surface area contributed by atoms with Crippen molar-refractivity contribution in [2.75, 3.05) is 13.2 Å². The van der Waals surface area contributed by atoms with Crippen molar-refractivity contribution >= 4 is 0 Å². The van der Waals surface area contributed by atoms with Crippen LogP contribution < -0.4 is 5.73 Å². The number of ether oxygens (including phenoxy) is 1. The summed E-state index contributed by atoms with van der Waals surface area (Å²) in [5, 5.41) is 3.87. The van der Waals surface area contributed by atoms with Gasteiger partial charge in [-0.1, -0.05) is 12.1 Å². The van der Waals surface area contributed by atoms with E-state index in [9.17, 15) is 0 Å². The lowest BCUT2D eigenvalue weighted by atomic mass is 10.1. The Morgan fingerprint density at radius 1 is 1.47 bits per heavy atom. The smallest absolute Gasteiger partial charge is 0.231 e. The SMILES string of the molecule is CCOCCc1noc(C(C)C(C)N)n1. The van der Waals surface area contributed by atoms with E-state index in [-0.39, 0.29) is 12.0 Å². The summed E-state index contributed by atoms with van der Waals surface area (Å²) in [4.78, 5) is 4.27. The van der Waals surface area contributed by atoms with E-state index in [0.717, 1.165) is 0 Å². The molecule has 0 aliphatic carbocycles. The largest absolute Gasteiger partial charge is 0.381 e. The Labute approximate surface area is 90.0 Å². The molecule has 0 radical (unpaired) electrons. The van der Waals surface area contributed by atoms with Gasteiger partial charge in [0.05, 0.1) is 12.5 Å². The first-order valence-electron chi connectivity index (χ1n) is 5.31. The van der Waals surface area contributed by atoms with Gasteiger partial charge in [0, 0.05) is 19.1 Å². The van der Waals surface area contributed by atoms with Crippen LogP contribution in [-0.4, -0.2) is 29.4 Å². The van der Waals surface area contributed by atoms with Gasteiger partial charge in [0.25, 0.3) is 0 Å². The summed E-state index contributed by atoms with van der Waals surface area (Å²) in [6.07, 6.45) is 0.684. The van der Waals surface area contributed by atoms with E-state index in [1.54, 1.807) is 0 Å². The molecule has 0 aliphatic rings. The third-order valence-corrected chi connectivity index (χ3v) is 2.34. The van der Waals surface area contributed by atoms with Gasteiger partial charge in [-0.05, 0) is 13.8 Å². The quantitative estimate of drug-likeness (QED) is 0.716. The summed E-state index contributed by atoms with van der Waals surface area (Å²) >= 11 is 0. The average molecular weight is 213 g/mol. The van der Waals surface area contributed by atoms with Gasteiger partial charge in [-0.25, -0.2) is 0 Å². The topological polar surface area (TPSA) is 74.2 Å². The van der Waals surface area contributed by atoms with Crippen molar-refractivity contribution in [3.63, 3.8) is 0 Å². The molecule has 1 aromatic rings. The summed E-state index contributed by atoms with van der Waals surface area (Å²) in [5.74, 6) is 1.39. The maximum absolute atomic E-state index is 5.75. The molecule has 5 heteroatoms. The molecule has 2 atom stereocenters. The molecule has 15 heavy (non-hydrogen) atoms. The van der Waals surface area contributed by atoms with Gasteiger partial charge in [0.15, 0.2) is 5.82 Å². The lowest BCUT2D eigenvalue weighted by Crippen LogP contribution is -2.22. The Kier molecular flexibility index (Phi) is 4.71. The Morgan fingerprint density at radius 2 is 2.20 bits per heavy atom. The molecular weight excluding hydrogens is 194 g/mol. The molecule has 0 fully saturated rings. The molecule has 0 aromatic carbocycles. The third kappa shape index (κ3) is 3.60. The van der Waals surface area contributed by atoms with Crippen molar-refractivity contribution < 1.29 is 9.26 Å². The zero-order chi connectivity index (χ0) is 11.3. The fourth-order valence-electron chi connectivity index (χ4n) is 1.09. The van der Waals surface area contributed by atoms with Crippen molar-refractivity contribution in [3.05, 3.63) is 11.7 Å². The Morgan fingerprint density at radius 3 is 2.80 bits per heavy atom. The lowest BCUT2D eigenvalue weighted by Gasteiger charge is -2.09. The van der Waals surface area contributed by atoms with Crippen LogP contribution in [0.25, 0.3) is 0 Å². The van der Waals surface area contributed by atoms with Crippen molar-refractivity contribution in [3.8, 4) is 0 Å². The van der Waals surface area contributed by atoms with Crippen LogP contribution in [0.2, 0.25) is 0 Å². The van der Waals surface area contributed by atoms with Crippen molar-refractivity contribution in [1.82, 2.24) is 10.1 Å². The molecule has 86 valence electrons. The molecule has 0 saturated carbocycles. The Bertz CT molecular complexity index is 286. The van der Waals surface area contributed by atoms with E-state index < -0.39 is 0 Å². The molecule has 1 rings (SSSR count). The number of aromatic nitrogens is 2. The molecule has 0 amide bonds. The molecule has 1 heterocycles. The van der Waals surface area contributed by atoms with Gasteiger partial charge in [-0.2, -0.15) is 4.98 Å². The minimum atomic E-state index is 0.0187. The van der Waals surface area contributed by atoms with Crippen molar-refractivity contribution in [2.45, 2.75) is 39.2 Å². The zero-order valence-electron chi connectivity index (χ0n) is 9.56. The maximum atomic E-state index is 5.75. The number of nitrogens with zero attached hydrogens (tertiary/aromatic N) is 2. The van der Waals surface area contributed by atoms with Crippen molar-refractivity contribution in [1.29, 1.82) is 0 Å². The molecule has 5 nitrogen and oxygen atoms in total. The highest BCUT2D eigenvalue weighted by Crippen LogP contribution is 2.15. The van der Waals surface area contributed by atoms with E-state index >= 15 is 0 Å². The summed E-state index contributed by atoms with van der Waals surface area (Å²) in [7, 11) is 0. The summed E-state index contributed by atoms with van der Waals surface area (Å²) < 4.78 is 10.3. The van der Waals surface area contributed by atoms with Crippen LogP contribution in [0.3, 0.4) is 0 Å². The molecule has 0 bridgehead atoms. The molecule has 0 spiro atoms. The van der Waals surface area contributed by atoms with Crippen molar-refractivity contribution in [2.24, 2.45) is 5.73 Å². The molecular formula is C10H19N3O2. The van der Waals surface area contributed by atoms with Gasteiger partial charge < -0.3 is 15.0 Å². The third-order valence-electron chi connectivity index (χ3n) is 2.34. The first kappa shape index (κ1) is 12.1. The highest BCUT2D eigenvalue weighted by atomic mass is 16.5. The van der Waals surface area contributed by atoms with Crippen LogP contribution >= 0.6 is 0 Å². The number of hydrogen-bond donors (Lipinski definition) is 1. The normalized spacial score (nSPS) is 15.2. The highest BCUT2D eigenvalue weighted by Gasteiger charge is 2.17. The number of nitrogens with two attached hydrogens (primary N) is 1. The van der Waals surface area contributed by atoms with Gasteiger partial charge in [-0.3, -0.25) is 0 Å². The average Bonchev–Trinajstić information content (AvgIpc) is 2.65. The number of rotatable bonds is 6. The second kappa shape index (κ2) is 5.82. The van der Waals surface area contributed by atoms with Crippen LogP contribution in [0.1, 0.15) is 38.4 Å². The fourth-order valence-corrected chi connectivity index (χ4v) is 1.09. The summed E-state index contributed by atoms with van der Waals surface area (Å²) in [5.41, 5.74) is 5.75. The lowest BCUT2D eigenvalue weighted by molar-refractivity contribution is 0.149. The molecule has 1 aromatic heterocycles. The predicted octanol–water partition coefficient (Wildman–Crippen LogP) is 1.10. The Hall–Kier alpha value is -0.940. The van der Waals surface area contributed by atoms with Crippen LogP contribution in [0, 0.1) is 0 Å². The van der Waals surface area contributed by atoms with E-state index in [1.165, 1.54) is 0 Å². The molecule has 2 unspecified atom stereocenters. The molecule has 0 saturated heterocycles. The van der Waals surface area contributed by atoms with Crippen LogP contribution in [0.4, 0.5) is 0 Å². The van der Waals surface area contributed by atoms with Gasteiger partial charge in [-0.15, -0.1) is 0 Å². The predicted molar refractivity (Wildman–Crippen MR) is 56.6 cm³/mol. The summed E-state index contributed by atoms with van der Waals surface area (Å²) in [6.45, 7) is 7.20. The van der Waals surface area contributed by atoms with E-state index in [0.29, 0.717) is 31.3 Å². The van der Waals surface area contributed by atoms with Crippen LogP contribution in [0.5, 0.6) is 0 Å². The zero-order valence-corrected chi connectivity index (χ0v) is 9.56. The van der Waals surface area contributed by atoms with Gasteiger partial charge in [0.1, 0.15) is 0 Å². The number of hydrogen-bond acceptors (Lipinski definition) is 5. The van der Waals surface area contributed by atoms with E-state index in [4.69, 9.17) is 15.0 Å². The second-order valence-corrected chi connectivity index (χ2v) is 3.64. The maximum Gasteiger partial charge on any atom is 0.231 e. The summed E-state index contributed by atoms with van der Waals surface area (Å²) in [6, 6.07) is 0.0187. The minimum Gasteiger partial charge on any atom is -0.381 e. The van der Waals surface area contributed by atoms with Crippen LogP contribution in [-0.2, 0) is 11.2 Å². The monoisotopic (exact) mass is 213 g/mol. The first-order chi connectivity index (χ1) is 7.15. The molecule has 0 aliphatic heterocycles. The standard InChI is InChI=1S/C10H19N3O2/c1-4-14-6-5-9-12-10(15-13-9)7(2)8(3)11/h7-8H,4-6,11H2,1-3H3. The van der Waals surface area contributed by atoms with E-state index in [2.05, 4.69) is 10.1 Å². The second-order valence-electron chi connectivity index (χ2n) is 3.64. The first-order valence-corrected chi connectivity index (χ1v) is 5.31. The fraction of sp³-hybridized carbons (Fsp3) is 0.800. The van der Waals surface area contributed by atoms with Gasteiger partial charge in [0.2, 0.25) is 5.89 Å². The molecule has 2 N–H and O–H groups in total. The van der Waals surface area contributed by atoms with E-state index in [1.807, 2.05) is 20.8 Å². The minimum absolute atomic E-state index is 0.0187. The Balaban J connectivity index is 2.48.